The molecule has 2 heterocycles. The first-order valence-corrected chi connectivity index (χ1v) is 6.10. The lowest BCUT2D eigenvalue weighted by Gasteiger charge is -2.27. The number of aromatic nitrogens is 2. The molecular weight excluding hydrogens is 202 g/mol. The number of ether oxygens (including phenoxy) is 1. The van der Waals surface area contributed by atoms with Crippen molar-refractivity contribution in [3.8, 4) is 0 Å². The van der Waals surface area contributed by atoms with Crippen LogP contribution in [0.1, 0.15) is 31.2 Å². The van der Waals surface area contributed by atoms with Crippen molar-refractivity contribution in [2.75, 3.05) is 6.61 Å². The zero-order valence-corrected chi connectivity index (χ0v) is 9.93. The van der Waals surface area contributed by atoms with Crippen LogP contribution in [0.15, 0.2) is 12.4 Å². The summed E-state index contributed by atoms with van der Waals surface area (Å²) in [7, 11) is 1.94. The monoisotopic (exact) mass is 223 g/mol. The molecule has 0 saturated carbocycles. The van der Waals surface area contributed by atoms with Gasteiger partial charge in [0.05, 0.1) is 12.3 Å². The van der Waals surface area contributed by atoms with E-state index in [1.165, 1.54) is 18.4 Å². The van der Waals surface area contributed by atoms with E-state index in [4.69, 9.17) is 10.5 Å². The predicted octanol–water partition coefficient (Wildman–Crippen LogP) is 1.25. The summed E-state index contributed by atoms with van der Waals surface area (Å²) in [5.74, 6) is 0. The smallest absolute Gasteiger partial charge is 0.0726 e. The molecule has 1 aliphatic rings. The first-order chi connectivity index (χ1) is 7.75. The van der Waals surface area contributed by atoms with Crippen molar-refractivity contribution in [1.29, 1.82) is 0 Å². The molecule has 2 atom stereocenters. The number of nitrogens with two attached hydrogens (primary N) is 1. The SMILES string of the molecule is Cn1cc(CCC(N)C2CCCCO2)cn1. The quantitative estimate of drug-likeness (QED) is 0.835. The molecular formula is C12H21N3O. The second-order valence-electron chi connectivity index (χ2n) is 4.63. The Labute approximate surface area is 96.8 Å². The van der Waals surface area contributed by atoms with Gasteiger partial charge in [0.2, 0.25) is 0 Å². The molecule has 0 radical (unpaired) electrons. The van der Waals surface area contributed by atoms with Crippen LogP contribution in [0, 0.1) is 0 Å². The number of aryl methyl sites for hydroxylation is 2. The number of hydrogen-bond donors (Lipinski definition) is 1. The molecule has 4 heteroatoms. The summed E-state index contributed by atoms with van der Waals surface area (Å²) in [6, 6.07) is 0.167. The average molecular weight is 223 g/mol. The van der Waals surface area contributed by atoms with Gasteiger partial charge in [0.15, 0.2) is 0 Å². The largest absolute Gasteiger partial charge is 0.377 e. The Balaban J connectivity index is 1.76. The highest BCUT2D eigenvalue weighted by Crippen LogP contribution is 2.17. The zero-order chi connectivity index (χ0) is 11.4. The summed E-state index contributed by atoms with van der Waals surface area (Å²) in [5.41, 5.74) is 7.41. The van der Waals surface area contributed by atoms with Crippen LogP contribution in [0.2, 0.25) is 0 Å². The fourth-order valence-corrected chi connectivity index (χ4v) is 2.22. The molecule has 1 aromatic rings. The van der Waals surface area contributed by atoms with Gasteiger partial charge in [-0.05, 0) is 37.7 Å². The van der Waals surface area contributed by atoms with Crippen LogP contribution in [-0.2, 0) is 18.2 Å². The second kappa shape index (κ2) is 5.46. The van der Waals surface area contributed by atoms with Gasteiger partial charge < -0.3 is 10.5 Å². The molecule has 1 fully saturated rings. The van der Waals surface area contributed by atoms with Gasteiger partial charge in [-0.1, -0.05) is 0 Å². The maximum Gasteiger partial charge on any atom is 0.0726 e. The van der Waals surface area contributed by atoms with E-state index in [0.717, 1.165) is 25.9 Å². The molecule has 2 N–H and O–H groups in total. The molecule has 0 aliphatic carbocycles. The van der Waals surface area contributed by atoms with Gasteiger partial charge in [0.1, 0.15) is 0 Å². The van der Waals surface area contributed by atoms with Gasteiger partial charge in [-0.25, -0.2) is 0 Å². The molecule has 2 rings (SSSR count). The van der Waals surface area contributed by atoms with Crippen molar-refractivity contribution in [2.24, 2.45) is 12.8 Å². The van der Waals surface area contributed by atoms with Gasteiger partial charge in [0.25, 0.3) is 0 Å². The Morgan fingerprint density at radius 3 is 3.12 bits per heavy atom. The summed E-state index contributed by atoms with van der Waals surface area (Å²) in [6.45, 7) is 0.880. The van der Waals surface area contributed by atoms with Crippen LogP contribution in [-0.4, -0.2) is 28.5 Å². The normalized spacial score (nSPS) is 23.2. The Bertz CT molecular complexity index is 318. The third-order valence-electron chi connectivity index (χ3n) is 3.22. The Kier molecular flexibility index (Phi) is 3.96. The molecule has 0 bridgehead atoms. The molecule has 16 heavy (non-hydrogen) atoms. The minimum atomic E-state index is 0.167. The molecule has 0 amide bonds. The van der Waals surface area contributed by atoms with Gasteiger partial charge in [0, 0.05) is 25.9 Å². The van der Waals surface area contributed by atoms with E-state index in [0.29, 0.717) is 0 Å². The van der Waals surface area contributed by atoms with Crippen LogP contribution in [0.5, 0.6) is 0 Å². The lowest BCUT2D eigenvalue weighted by Crippen LogP contribution is -2.39. The van der Waals surface area contributed by atoms with E-state index in [9.17, 15) is 0 Å². The average Bonchev–Trinajstić information content (AvgIpc) is 2.73. The third-order valence-corrected chi connectivity index (χ3v) is 3.22. The number of nitrogens with zero attached hydrogens (tertiary/aromatic N) is 2. The summed E-state index contributed by atoms with van der Waals surface area (Å²) in [5, 5.41) is 4.15. The van der Waals surface area contributed by atoms with Gasteiger partial charge in [-0.2, -0.15) is 5.10 Å². The molecule has 0 aromatic carbocycles. The van der Waals surface area contributed by atoms with Crippen molar-refractivity contribution < 1.29 is 4.74 Å². The highest BCUT2D eigenvalue weighted by molar-refractivity contribution is 5.04. The molecule has 1 aromatic heterocycles. The first-order valence-electron chi connectivity index (χ1n) is 6.10. The van der Waals surface area contributed by atoms with Crippen molar-refractivity contribution >= 4 is 0 Å². The van der Waals surface area contributed by atoms with Crippen LogP contribution in [0.25, 0.3) is 0 Å². The van der Waals surface area contributed by atoms with Crippen LogP contribution < -0.4 is 5.73 Å². The molecule has 2 unspecified atom stereocenters. The molecule has 0 spiro atoms. The standard InChI is InChI=1S/C12H21N3O/c1-15-9-10(8-14-15)5-6-11(13)12-4-2-3-7-16-12/h8-9,11-12H,2-7,13H2,1H3. The lowest BCUT2D eigenvalue weighted by molar-refractivity contribution is -0.000931. The minimum absolute atomic E-state index is 0.167. The summed E-state index contributed by atoms with van der Waals surface area (Å²) in [6.07, 6.45) is 9.77. The fraction of sp³-hybridized carbons (Fsp3) is 0.750. The molecule has 1 aliphatic heterocycles. The van der Waals surface area contributed by atoms with Crippen molar-refractivity contribution in [3.63, 3.8) is 0 Å². The maximum atomic E-state index is 6.15. The predicted molar refractivity (Wildman–Crippen MR) is 63.1 cm³/mol. The summed E-state index contributed by atoms with van der Waals surface area (Å²) in [4.78, 5) is 0. The Hall–Kier alpha value is -0.870. The summed E-state index contributed by atoms with van der Waals surface area (Å²) < 4.78 is 7.52. The van der Waals surface area contributed by atoms with Crippen molar-refractivity contribution in [2.45, 2.75) is 44.2 Å². The molecule has 1 saturated heterocycles. The third kappa shape index (κ3) is 3.06. The van der Waals surface area contributed by atoms with E-state index in [1.807, 2.05) is 17.9 Å². The minimum Gasteiger partial charge on any atom is -0.377 e. The van der Waals surface area contributed by atoms with Crippen LogP contribution in [0.3, 0.4) is 0 Å². The van der Waals surface area contributed by atoms with Crippen molar-refractivity contribution in [3.05, 3.63) is 18.0 Å². The van der Waals surface area contributed by atoms with Gasteiger partial charge >= 0.3 is 0 Å². The van der Waals surface area contributed by atoms with E-state index < -0.39 is 0 Å². The van der Waals surface area contributed by atoms with Crippen LogP contribution in [0.4, 0.5) is 0 Å². The van der Waals surface area contributed by atoms with Crippen molar-refractivity contribution in [1.82, 2.24) is 9.78 Å². The van der Waals surface area contributed by atoms with Crippen LogP contribution >= 0.6 is 0 Å². The Morgan fingerprint density at radius 1 is 1.62 bits per heavy atom. The highest BCUT2D eigenvalue weighted by Gasteiger charge is 2.20. The molecule has 90 valence electrons. The van der Waals surface area contributed by atoms with E-state index >= 15 is 0 Å². The first kappa shape index (κ1) is 11.6. The van der Waals surface area contributed by atoms with Gasteiger partial charge in [-0.3, -0.25) is 4.68 Å². The second-order valence-corrected chi connectivity index (χ2v) is 4.63. The fourth-order valence-electron chi connectivity index (χ4n) is 2.22. The van der Waals surface area contributed by atoms with E-state index in [-0.39, 0.29) is 12.1 Å². The topological polar surface area (TPSA) is 53.1 Å². The Morgan fingerprint density at radius 2 is 2.50 bits per heavy atom. The van der Waals surface area contributed by atoms with E-state index in [2.05, 4.69) is 11.3 Å². The van der Waals surface area contributed by atoms with Gasteiger partial charge in [-0.15, -0.1) is 0 Å². The highest BCUT2D eigenvalue weighted by atomic mass is 16.5. The molecule has 4 nitrogen and oxygen atoms in total. The lowest BCUT2D eigenvalue weighted by atomic mass is 9.98. The maximum absolute atomic E-state index is 6.15. The number of rotatable bonds is 4. The summed E-state index contributed by atoms with van der Waals surface area (Å²) >= 11 is 0. The number of hydrogen-bond acceptors (Lipinski definition) is 3. The van der Waals surface area contributed by atoms with E-state index in [1.54, 1.807) is 0 Å². The zero-order valence-electron chi connectivity index (χ0n) is 9.93.